The van der Waals surface area contributed by atoms with Gasteiger partial charge in [-0.05, 0) is 0 Å². The van der Waals surface area contributed by atoms with Gasteiger partial charge in [-0.15, -0.1) is 0 Å². The van der Waals surface area contributed by atoms with E-state index in [4.69, 9.17) is 9.57 Å². The zero-order valence-electron chi connectivity index (χ0n) is 9.20. The van der Waals surface area contributed by atoms with E-state index in [-0.39, 0.29) is 29.6 Å². The van der Waals surface area contributed by atoms with Gasteiger partial charge in [-0.1, -0.05) is 5.16 Å². The number of ether oxygens (including phenoxy) is 1. The van der Waals surface area contributed by atoms with Crippen molar-refractivity contribution in [1.29, 1.82) is 0 Å². The molecule has 0 aliphatic carbocycles. The van der Waals surface area contributed by atoms with Crippen LogP contribution >= 0.6 is 0 Å². The van der Waals surface area contributed by atoms with Gasteiger partial charge in [0.25, 0.3) is 0 Å². The molecule has 3 aliphatic rings. The molecule has 3 atom stereocenters. The Bertz CT molecular complexity index is 310. The summed E-state index contributed by atoms with van der Waals surface area (Å²) >= 11 is 0. The van der Waals surface area contributed by atoms with Gasteiger partial charge in [-0.2, -0.15) is 0 Å². The van der Waals surface area contributed by atoms with Gasteiger partial charge in [-0.3, -0.25) is 0 Å². The Hall–Kier alpha value is -0.0400. The van der Waals surface area contributed by atoms with Crippen molar-refractivity contribution in [3.63, 3.8) is 0 Å². The van der Waals surface area contributed by atoms with Crippen LogP contribution in [-0.4, -0.2) is 49.8 Å². The number of rotatable bonds is 0. The quantitative estimate of drug-likeness (QED) is 0.367. The summed E-state index contributed by atoms with van der Waals surface area (Å²) in [6, 6.07) is 0. The summed E-state index contributed by atoms with van der Waals surface area (Å²) in [5, 5.41) is 4.02. The van der Waals surface area contributed by atoms with Crippen LogP contribution in [-0.2, 0) is 9.57 Å². The largest absolute Gasteiger partial charge is 1.00 e. The van der Waals surface area contributed by atoms with Gasteiger partial charge in [0.2, 0.25) is 11.5 Å². The fourth-order valence-corrected chi connectivity index (χ4v) is 3.41. The van der Waals surface area contributed by atoms with Crippen molar-refractivity contribution in [3.8, 4) is 0 Å². The van der Waals surface area contributed by atoms with E-state index in [9.17, 15) is 0 Å². The molecule has 0 amide bonds. The molecule has 3 heterocycles. The summed E-state index contributed by atoms with van der Waals surface area (Å²) in [4.78, 5) is 5.65. The predicted octanol–water partition coefficient (Wildman–Crippen LogP) is -2.41. The van der Waals surface area contributed by atoms with E-state index in [1.165, 1.54) is 19.5 Å². The van der Waals surface area contributed by atoms with Crippen molar-refractivity contribution in [2.24, 2.45) is 11.1 Å². The number of oxime groups is 1. The van der Waals surface area contributed by atoms with Crippen LogP contribution in [0.15, 0.2) is 5.16 Å². The average molecular weight is 324 g/mol. The summed E-state index contributed by atoms with van der Waals surface area (Å²) < 4.78 is 6.32. The number of fused-ring (bicyclic) bond motifs is 3. The minimum atomic E-state index is -0.0155. The molecule has 3 unspecified atom stereocenters. The van der Waals surface area contributed by atoms with E-state index in [0.717, 1.165) is 23.3 Å². The molecule has 0 radical (unpaired) electrons. The molecule has 2 fully saturated rings. The molecule has 3 aliphatic heterocycles. The summed E-state index contributed by atoms with van der Waals surface area (Å²) in [6.45, 7) is 3.67. The van der Waals surface area contributed by atoms with Crippen LogP contribution in [0.2, 0.25) is 0 Å². The number of likely N-dealkylation sites (N-methyl/N-ethyl adjacent to an activating group) is 1. The normalized spacial score (nSPS) is 46.3. The molecular weight excluding hydrogens is 307 g/mol. The first-order valence-electron chi connectivity index (χ1n) is 5.28. The van der Waals surface area contributed by atoms with Gasteiger partial charge in [-0.25, -0.2) is 0 Å². The van der Waals surface area contributed by atoms with Crippen molar-refractivity contribution in [3.05, 3.63) is 0 Å². The van der Waals surface area contributed by atoms with E-state index in [0.29, 0.717) is 5.92 Å². The van der Waals surface area contributed by atoms with E-state index in [2.05, 4.69) is 12.2 Å². The number of methoxy groups -OCH3 is 1. The van der Waals surface area contributed by atoms with Crippen molar-refractivity contribution < 1.29 is 38.0 Å². The molecule has 0 aromatic heterocycles. The number of hydrogen-bond acceptors (Lipinski definition) is 3. The Labute approximate surface area is 107 Å². The van der Waals surface area contributed by atoms with Crippen molar-refractivity contribution >= 4 is 5.90 Å². The van der Waals surface area contributed by atoms with E-state index in [1.54, 1.807) is 7.11 Å². The first kappa shape index (κ1) is 11.4. The zero-order valence-corrected chi connectivity index (χ0v) is 11.4. The molecule has 15 heavy (non-hydrogen) atoms. The first-order chi connectivity index (χ1) is 6.66. The highest BCUT2D eigenvalue weighted by Crippen LogP contribution is 2.47. The smallest absolute Gasteiger partial charge is 0.229 e. The number of quaternary nitrogens is 1. The van der Waals surface area contributed by atoms with Crippen LogP contribution in [0.5, 0.6) is 0 Å². The Kier molecular flexibility index (Phi) is 2.65. The van der Waals surface area contributed by atoms with Gasteiger partial charge in [0.05, 0.1) is 39.6 Å². The van der Waals surface area contributed by atoms with Crippen molar-refractivity contribution in [1.82, 2.24) is 0 Å². The molecule has 2 bridgehead atoms. The summed E-state index contributed by atoms with van der Waals surface area (Å²) in [5.41, 5.74) is -0.0155. The fraction of sp³-hybridized carbons (Fsp3) is 0.900. The number of halogens is 1. The molecule has 86 valence electrons. The van der Waals surface area contributed by atoms with Crippen LogP contribution in [0.1, 0.15) is 12.8 Å². The monoisotopic (exact) mass is 324 g/mol. The third-order valence-electron chi connectivity index (χ3n) is 4.09. The van der Waals surface area contributed by atoms with Crippen molar-refractivity contribution in [2.45, 2.75) is 18.4 Å². The highest BCUT2D eigenvalue weighted by atomic mass is 127. The molecule has 3 rings (SSSR count). The minimum Gasteiger partial charge on any atom is -1.00 e. The molecule has 4 nitrogen and oxygen atoms in total. The van der Waals surface area contributed by atoms with Gasteiger partial charge in [0.15, 0.2) is 0 Å². The summed E-state index contributed by atoms with van der Waals surface area (Å²) in [7, 11) is 3.99. The average Bonchev–Trinajstić information content (AvgIpc) is 2.78. The molecule has 0 N–H and O–H groups in total. The number of piperidine rings is 1. The molecule has 0 saturated carbocycles. The Morgan fingerprint density at radius 3 is 2.87 bits per heavy atom. The van der Waals surface area contributed by atoms with Crippen LogP contribution in [0.3, 0.4) is 0 Å². The van der Waals surface area contributed by atoms with Crippen LogP contribution in [0, 0.1) is 5.92 Å². The number of nitrogens with zero attached hydrogens (tertiary/aromatic N) is 2. The van der Waals surface area contributed by atoms with Crippen LogP contribution in [0.4, 0.5) is 0 Å². The SMILES string of the molecule is COC1=NOC2(C1)C[N+]1(C)CCC2C1.[I-]. The molecule has 5 heteroatoms. The predicted molar refractivity (Wildman–Crippen MR) is 51.8 cm³/mol. The maximum Gasteiger partial charge on any atom is 0.229 e. The van der Waals surface area contributed by atoms with Crippen LogP contribution in [0.25, 0.3) is 0 Å². The summed E-state index contributed by atoms with van der Waals surface area (Å²) in [6.07, 6.45) is 2.16. The van der Waals surface area contributed by atoms with Gasteiger partial charge >= 0.3 is 0 Å². The molecule has 2 saturated heterocycles. The second-order valence-electron chi connectivity index (χ2n) is 5.19. The van der Waals surface area contributed by atoms with Gasteiger partial charge in [0, 0.05) is 6.42 Å². The third-order valence-corrected chi connectivity index (χ3v) is 4.09. The lowest BCUT2D eigenvalue weighted by atomic mass is 9.85. The van der Waals surface area contributed by atoms with E-state index in [1.807, 2.05) is 0 Å². The highest BCUT2D eigenvalue weighted by molar-refractivity contribution is 5.78. The zero-order chi connectivity index (χ0) is 9.81. The molecule has 0 aromatic carbocycles. The summed E-state index contributed by atoms with van der Waals surface area (Å²) in [5.74, 6) is 1.45. The van der Waals surface area contributed by atoms with Crippen LogP contribution < -0.4 is 24.0 Å². The topological polar surface area (TPSA) is 30.8 Å². The lowest BCUT2D eigenvalue weighted by molar-refractivity contribution is -0.893. The highest BCUT2D eigenvalue weighted by Gasteiger charge is 2.63. The van der Waals surface area contributed by atoms with Crippen molar-refractivity contribution in [2.75, 3.05) is 33.8 Å². The Balaban J connectivity index is 0.000000853. The standard InChI is InChI=1S/C10H17N2O2.HI/c1-12-4-3-8(6-12)10(7-12)5-9(13-2)11-14-10;/h8H,3-7H2,1-2H3;1H/q+1;/p-1. The van der Waals surface area contributed by atoms with E-state index < -0.39 is 0 Å². The minimum absolute atomic E-state index is 0. The first-order valence-corrected chi connectivity index (χ1v) is 5.28. The molecular formula is C10H17IN2O2. The molecule has 0 aromatic rings. The molecule has 1 spiro atoms. The second kappa shape index (κ2) is 3.48. The lowest BCUT2D eigenvalue weighted by Crippen LogP contribution is -3.00. The lowest BCUT2D eigenvalue weighted by Gasteiger charge is -2.33. The van der Waals surface area contributed by atoms with Gasteiger partial charge < -0.3 is 38.0 Å². The third kappa shape index (κ3) is 1.54. The maximum atomic E-state index is 5.65. The maximum absolute atomic E-state index is 5.65. The number of hydrogen-bond donors (Lipinski definition) is 0. The fourth-order valence-electron chi connectivity index (χ4n) is 3.41. The Morgan fingerprint density at radius 2 is 2.40 bits per heavy atom. The Morgan fingerprint density at radius 1 is 1.60 bits per heavy atom. The van der Waals surface area contributed by atoms with E-state index >= 15 is 0 Å². The van der Waals surface area contributed by atoms with Gasteiger partial charge in [0.1, 0.15) is 6.54 Å². The second-order valence-corrected chi connectivity index (χ2v) is 5.19.